The quantitative estimate of drug-likeness (QED) is 0.387. The molecule has 0 aliphatic carbocycles. The van der Waals surface area contributed by atoms with E-state index in [1.165, 1.54) is 18.3 Å². The minimum Gasteiger partial charge on any atom is -0.493 e. The molecular formula is C24H21N3O6S. The summed E-state index contributed by atoms with van der Waals surface area (Å²) in [7, 11) is 0. The summed E-state index contributed by atoms with van der Waals surface area (Å²) in [5.74, 6) is -1.30. The molecule has 4 rings (SSSR count). The smallest absolute Gasteiger partial charge is 0.342 e. The van der Waals surface area contributed by atoms with Gasteiger partial charge in [-0.3, -0.25) is 19.3 Å². The maximum atomic E-state index is 12.9. The monoisotopic (exact) mass is 479 g/mol. The largest absolute Gasteiger partial charge is 0.493 e. The van der Waals surface area contributed by atoms with E-state index in [1.807, 2.05) is 0 Å². The van der Waals surface area contributed by atoms with Gasteiger partial charge in [0.05, 0.1) is 30.0 Å². The van der Waals surface area contributed by atoms with Crippen molar-refractivity contribution in [2.75, 3.05) is 11.9 Å². The lowest BCUT2D eigenvalue weighted by molar-refractivity contribution is -0.114. The Morgan fingerprint density at radius 3 is 2.44 bits per heavy atom. The van der Waals surface area contributed by atoms with E-state index in [0.29, 0.717) is 39.9 Å². The second-order valence-corrected chi connectivity index (χ2v) is 8.26. The number of hydrogen-bond donors (Lipinski definition) is 1. The minimum atomic E-state index is -0.637. The van der Waals surface area contributed by atoms with Crippen molar-refractivity contribution in [2.45, 2.75) is 27.0 Å². The second kappa shape index (κ2) is 9.84. The van der Waals surface area contributed by atoms with E-state index in [4.69, 9.17) is 9.47 Å². The molecule has 9 nitrogen and oxygen atoms in total. The van der Waals surface area contributed by atoms with Crippen molar-refractivity contribution >= 4 is 40.2 Å². The third-order valence-electron chi connectivity index (χ3n) is 4.97. The van der Waals surface area contributed by atoms with E-state index in [-0.39, 0.29) is 36.4 Å². The van der Waals surface area contributed by atoms with Gasteiger partial charge in [-0.25, -0.2) is 9.78 Å². The van der Waals surface area contributed by atoms with Crippen LogP contribution in [-0.4, -0.2) is 40.2 Å². The van der Waals surface area contributed by atoms with Gasteiger partial charge >= 0.3 is 5.97 Å². The Kier molecular flexibility index (Phi) is 6.69. The lowest BCUT2D eigenvalue weighted by atomic mass is 10.1. The number of hydrogen-bond acceptors (Lipinski definition) is 8. The number of nitrogens with one attached hydrogen (secondary N) is 1. The van der Waals surface area contributed by atoms with Crippen LogP contribution in [0.1, 0.15) is 56.2 Å². The number of carbonyl (C=O) groups excluding carboxylic acids is 4. The fourth-order valence-electron chi connectivity index (χ4n) is 3.48. The summed E-state index contributed by atoms with van der Waals surface area (Å²) in [5, 5.41) is 4.67. The van der Waals surface area contributed by atoms with Crippen molar-refractivity contribution in [3.63, 3.8) is 0 Å². The van der Waals surface area contributed by atoms with Gasteiger partial charge in [-0.05, 0) is 36.8 Å². The van der Waals surface area contributed by atoms with Gasteiger partial charge in [0.15, 0.2) is 5.13 Å². The van der Waals surface area contributed by atoms with Crippen LogP contribution < -0.4 is 10.1 Å². The van der Waals surface area contributed by atoms with E-state index in [0.717, 1.165) is 4.90 Å². The van der Waals surface area contributed by atoms with E-state index in [2.05, 4.69) is 10.3 Å². The molecule has 1 aliphatic rings. The van der Waals surface area contributed by atoms with Gasteiger partial charge in [-0.2, -0.15) is 0 Å². The van der Waals surface area contributed by atoms with Crippen LogP contribution in [0.2, 0.25) is 0 Å². The highest BCUT2D eigenvalue weighted by molar-refractivity contribution is 7.13. The molecule has 0 spiro atoms. The predicted octanol–water partition coefficient (Wildman–Crippen LogP) is 3.65. The van der Waals surface area contributed by atoms with Gasteiger partial charge in [0.1, 0.15) is 17.9 Å². The normalized spacial score (nSPS) is 12.5. The summed E-state index contributed by atoms with van der Waals surface area (Å²) in [6.45, 7) is 3.42. The second-order valence-electron chi connectivity index (χ2n) is 7.41. The molecule has 0 unspecified atom stereocenters. The zero-order chi connectivity index (χ0) is 24.2. The summed E-state index contributed by atoms with van der Waals surface area (Å²) < 4.78 is 11.0. The van der Waals surface area contributed by atoms with Crippen LogP contribution >= 0.6 is 11.3 Å². The highest BCUT2D eigenvalue weighted by atomic mass is 32.1. The molecule has 2 aromatic carbocycles. The van der Waals surface area contributed by atoms with Gasteiger partial charge in [0.25, 0.3) is 11.8 Å². The summed E-state index contributed by atoms with van der Waals surface area (Å²) >= 11 is 1.22. The lowest BCUT2D eigenvalue weighted by Gasteiger charge is -2.16. The van der Waals surface area contributed by atoms with Crippen LogP contribution in [0.5, 0.6) is 5.75 Å². The Labute approximate surface area is 199 Å². The number of nitrogens with zero attached hydrogens (tertiary/aromatic N) is 2. The van der Waals surface area contributed by atoms with Gasteiger partial charge in [0, 0.05) is 12.3 Å². The maximum Gasteiger partial charge on any atom is 0.342 e. The Bertz CT molecular complexity index is 1250. The van der Waals surface area contributed by atoms with Crippen LogP contribution in [0, 0.1) is 0 Å². The molecule has 2 heterocycles. The number of carbonyl (C=O) groups is 4. The number of ether oxygens (including phenoxy) is 2. The fourth-order valence-corrected chi connectivity index (χ4v) is 4.22. The van der Waals surface area contributed by atoms with Crippen molar-refractivity contribution in [3.8, 4) is 5.75 Å². The maximum absolute atomic E-state index is 12.9. The first-order valence-corrected chi connectivity index (χ1v) is 11.4. The Morgan fingerprint density at radius 1 is 1.09 bits per heavy atom. The number of amides is 3. The van der Waals surface area contributed by atoms with Crippen molar-refractivity contribution < 1.29 is 28.7 Å². The van der Waals surface area contributed by atoms with Gasteiger partial charge in [-0.15, -0.1) is 11.3 Å². The molecule has 3 aromatic rings. The van der Waals surface area contributed by atoms with Crippen LogP contribution in [0.3, 0.4) is 0 Å². The molecule has 10 heteroatoms. The molecule has 0 saturated heterocycles. The molecule has 1 N–H and O–H groups in total. The third-order valence-corrected chi connectivity index (χ3v) is 5.77. The molecule has 3 amide bonds. The van der Waals surface area contributed by atoms with E-state index in [9.17, 15) is 19.2 Å². The van der Waals surface area contributed by atoms with Crippen LogP contribution in [0.15, 0.2) is 47.8 Å². The van der Waals surface area contributed by atoms with Crippen molar-refractivity contribution in [1.82, 2.24) is 9.88 Å². The minimum absolute atomic E-state index is 0.00515. The van der Waals surface area contributed by atoms with Gasteiger partial charge in [-0.1, -0.05) is 18.2 Å². The lowest BCUT2D eigenvalue weighted by Crippen LogP contribution is -2.29. The number of benzene rings is 2. The number of rotatable bonds is 8. The van der Waals surface area contributed by atoms with E-state index in [1.54, 1.807) is 54.8 Å². The first-order chi connectivity index (χ1) is 16.4. The number of thiazole rings is 1. The average Bonchev–Trinajstić information content (AvgIpc) is 3.36. The van der Waals surface area contributed by atoms with E-state index < -0.39 is 5.97 Å². The average molecular weight is 480 g/mol. The first kappa shape index (κ1) is 23.1. The number of aromatic nitrogens is 1. The summed E-state index contributed by atoms with van der Waals surface area (Å²) in [6.07, 6.45) is 0. The molecule has 0 atom stereocenters. The fraction of sp³-hybridized carbons (Fsp3) is 0.208. The Morgan fingerprint density at radius 2 is 1.79 bits per heavy atom. The Hall–Kier alpha value is -4.05. The summed E-state index contributed by atoms with van der Waals surface area (Å²) in [5.41, 5.74) is 1.96. The number of imide groups is 1. The molecule has 1 aliphatic heterocycles. The highest BCUT2D eigenvalue weighted by Gasteiger charge is 2.35. The number of anilines is 1. The molecule has 0 bridgehead atoms. The number of esters is 1. The molecule has 174 valence electrons. The van der Waals surface area contributed by atoms with Crippen LogP contribution in [-0.2, 0) is 22.7 Å². The van der Waals surface area contributed by atoms with Crippen LogP contribution in [0.4, 0.5) is 5.13 Å². The molecule has 0 saturated carbocycles. The molecule has 1 aromatic heterocycles. The SMILES string of the molecule is CCOc1ccc(CN2C(=O)c3ccccc3C2=O)cc1C(=O)OCc1csc(NC(C)=O)n1. The third kappa shape index (κ3) is 4.81. The zero-order valence-corrected chi connectivity index (χ0v) is 19.3. The Balaban J connectivity index is 1.50. The summed E-state index contributed by atoms with van der Waals surface area (Å²) in [4.78, 5) is 54.7. The predicted molar refractivity (Wildman–Crippen MR) is 124 cm³/mol. The topological polar surface area (TPSA) is 115 Å². The zero-order valence-electron chi connectivity index (χ0n) is 18.5. The highest BCUT2D eigenvalue weighted by Crippen LogP contribution is 2.27. The van der Waals surface area contributed by atoms with E-state index >= 15 is 0 Å². The number of fused-ring (bicyclic) bond motifs is 1. The molecule has 0 fully saturated rings. The molecular weight excluding hydrogens is 458 g/mol. The van der Waals surface area contributed by atoms with Crippen LogP contribution in [0.25, 0.3) is 0 Å². The van der Waals surface area contributed by atoms with Crippen molar-refractivity contribution in [1.29, 1.82) is 0 Å². The molecule has 34 heavy (non-hydrogen) atoms. The first-order valence-electron chi connectivity index (χ1n) is 10.5. The standard InChI is InChI=1S/C24H21N3O6S/c1-3-32-20-9-8-15(11-27-21(29)17-6-4-5-7-18(17)22(27)30)10-19(20)23(31)33-12-16-13-34-24(26-16)25-14(2)28/h4-10,13H,3,11-12H2,1-2H3,(H,25,26,28). The van der Waals surface area contributed by atoms with Crippen molar-refractivity contribution in [3.05, 3.63) is 75.8 Å². The molecule has 0 radical (unpaired) electrons. The van der Waals surface area contributed by atoms with Crippen molar-refractivity contribution in [2.24, 2.45) is 0 Å². The van der Waals surface area contributed by atoms with Gasteiger partial charge < -0.3 is 14.8 Å². The summed E-state index contributed by atoms with van der Waals surface area (Å²) in [6, 6.07) is 11.5. The van der Waals surface area contributed by atoms with Gasteiger partial charge in [0.2, 0.25) is 5.91 Å².